The highest BCUT2D eigenvalue weighted by Crippen LogP contribution is 2.19. The Morgan fingerprint density at radius 2 is 1.90 bits per heavy atom. The van der Waals surface area contributed by atoms with Gasteiger partial charge in [0.2, 0.25) is 0 Å². The minimum Gasteiger partial charge on any atom is -0.465 e. The van der Waals surface area contributed by atoms with Crippen LogP contribution in [0.5, 0.6) is 0 Å². The number of hydrogen-bond donors (Lipinski definition) is 1. The molecule has 0 aromatic heterocycles. The molecule has 0 saturated heterocycles. The van der Waals surface area contributed by atoms with Crippen LogP contribution in [0, 0.1) is 11.6 Å². The molecule has 0 aliphatic carbocycles. The number of nitrogens with one attached hydrogen (secondary N) is 1. The van der Waals surface area contributed by atoms with Gasteiger partial charge in [-0.1, -0.05) is 12.1 Å². The number of halogens is 2. The minimum absolute atomic E-state index is 0.227. The Labute approximate surface area is 115 Å². The number of carbonyl (C=O) groups excluding carboxylic acids is 1. The molecule has 2 rings (SSSR count). The normalized spacial score (nSPS) is 10.2. The standard InChI is InChI=1S/C15H13F2NO2/c1-20-15(19)13-6-5-12(17)8-14(13)18-9-10-3-2-4-11(16)7-10/h2-8,18H,9H2,1H3. The van der Waals surface area contributed by atoms with Crippen LogP contribution in [0.2, 0.25) is 0 Å². The second-order valence-electron chi connectivity index (χ2n) is 4.16. The molecular weight excluding hydrogens is 264 g/mol. The van der Waals surface area contributed by atoms with Crippen molar-refractivity contribution < 1.29 is 18.3 Å². The number of carbonyl (C=O) groups is 1. The third kappa shape index (κ3) is 3.32. The number of ether oxygens (including phenoxy) is 1. The van der Waals surface area contributed by atoms with Crippen molar-refractivity contribution in [2.24, 2.45) is 0 Å². The van der Waals surface area contributed by atoms with Crippen molar-refractivity contribution in [1.82, 2.24) is 0 Å². The zero-order valence-electron chi connectivity index (χ0n) is 10.8. The molecule has 5 heteroatoms. The summed E-state index contributed by atoms with van der Waals surface area (Å²) in [6.45, 7) is 0.269. The van der Waals surface area contributed by atoms with E-state index in [1.165, 1.54) is 37.4 Å². The van der Waals surface area contributed by atoms with Crippen molar-refractivity contribution in [2.45, 2.75) is 6.54 Å². The third-order valence-electron chi connectivity index (χ3n) is 2.76. The van der Waals surface area contributed by atoms with Crippen molar-refractivity contribution in [3.05, 3.63) is 65.2 Å². The lowest BCUT2D eigenvalue weighted by atomic mass is 10.1. The Bertz CT molecular complexity index is 629. The first kappa shape index (κ1) is 14.0. The van der Waals surface area contributed by atoms with Gasteiger partial charge in [-0.3, -0.25) is 0 Å². The molecule has 0 saturated carbocycles. The van der Waals surface area contributed by atoms with Gasteiger partial charge < -0.3 is 10.1 Å². The summed E-state index contributed by atoms with van der Waals surface area (Å²) in [5, 5.41) is 2.91. The molecule has 0 heterocycles. The second kappa shape index (κ2) is 6.14. The predicted octanol–water partition coefficient (Wildman–Crippen LogP) is 3.36. The van der Waals surface area contributed by atoms with Gasteiger partial charge in [0.25, 0.3) is 0 Å². The number of anilines is 1. The summed E-state index contributed by atoms with van der Waals surface area (Å²) in [7, 11) is 1.25. The van der Waals surface area contributed by atoms with Crippen molar-refractivity contribution in [2.75, 3.05) is 12.4 Å². The highest BCUT2D eigenvalue weighted by Gasteiger charge is 2.12. The number of esters is 1. The van der Waals surface area contributed by atoms with Crippen LogP contribution in [-0.4, -0.2) is 13.1 Å². The Morgan fingerprint density at radius 1 is 1.15 bits per heavy atom. The fourth-order valence-corrected chi connectivity index (χ4v) is 1.79. The number of hydrogen-bond acceptors (Lipinski definition) is 3. The van der Waals surface area contributed by atoms with Crippen molar-refractivity contribution in [3.63, 3.8) is 0 Å². The zero-order chi connectivity index (χ0) is 14.5. The number of benzene rings is 2. The van der Waals surface area contributed by atoms with Crippen molar-refractivity contribution in [1.29, 1.82) is 0 Å². The van der Waals surface area contributed by atoms with Crippen LogP contribution in [0.3, 0.4) is 0 Å². The quantitative estimate of drug-likeness (QED) is 0.871. The lowest BCUT2D eigenvalue weighted by molar-refractivity contribution is 0.0601. The van der Waals surface area contributed by atoms with E-state index in [-0.39, 0.29) is 17.9 Å². The highest BCUT2D eigenvalue weighted by molar-refractivity contribution is 5.95. The maximum atomic E-state index is 13.3. The smallest absolute Gasteiger partial charge is 0.339 e. The molecule has 0 amide bonds. The molecule has 0 aliphatic heterocycles. The third-order valence-corrected chi connectivity index (χ3v) is 2.76. The monoisotopic (exact) mass is 277 g/mol. The largest absolute Gasteiger partial charge is 0.465 e. The van der Waals surface area contributed by atoms with Crippen LogP contribution < -0.4 is 5.32 Å². The van der Waals surface area contributed by atoms with E-state index in [9.17, 15) is 13.6 Å². The zero-order valence-corrected chi connectivity index (χ0v) is 10.8. The fourth-order valence-electron chi connectivity index (χ4n) is 1.79. The molecule has 3 nitrogen and oxygen atoms in total. The van der Waals surface area contributed by atoms with Gasteiger partial charge in [-0.05, 0) is 35.9 Å². The van der Waals surface area contributed by atoms with Gasteiger partial charge in [0, 0.05) is 6.54 Å². The summed E-state index contributed by atoms with van der Waals surface area (Å²) >= 11 is 0. The van der Waals surface area contributed by atoms with Gasteiger partial charge in [-0.15, -0.1) is 0 Å². The highest BCUT2D eigenvalue weighted by atomic mass is 19.1. The average Bonchev–Trinajstić information content (AvgIpc) is 2.44. The molecule has 0 aliphatic rings. The molecule has 0 spiro atoms. The van der Waals surface area contributed by atoms with E-state index in [0.717, 1.165) is 0 Å². The van der Waals surface area contributed by atoms with Crippen LogP contribution in [0.1, 0.15) is 15.9 Å². The van der Waals surface area contributed by atoms with E-state index < -0.39 is 11.8 Å². The summed E-state index contributed by atoms with van der Waals surface area (Å²) in [5.74, 6) is -1.39. The first-order chi connectivity index (χ1) is 9.60. The van der Waals surface area contributed by atoms with Gasteiger partial charge >= 0.3 is 5.97 Å². The molecule has 0 bridgehead atoms. The maximum absolute atomic E-state index is 13.3. The van der Waals surface area contributed by atoms with E-state index in [0.29, 0.717) is 11.3 Å². The molecule has 2 aromatic rings. The topological polar surface area (TPSA) is 38.3 Å². The number of methoxy groups -OCH3 is 1. The van der Waals surface area contributed by atoms with Gasteiger partial charge in [0.05, 0.1) is 18.4 Å². The van der Waals surface area contributed by atoms with Gasteiger partial charge in [0.15, 0.2) is 0 Å². The lowest BCUT2D eigenvalue weighted by Gasteiger charge is -2.11. The van der Waals surface area contributed by atoms with E-state index in [4.69, 9.17) is 0 Å². The Kier molecular flexibility index (Phi) is 4.30. The molecule has 0 atom stereocenters. The second-order valence-corrected chi connectivity index (χ2v) is 4.16. The SMILES string of the molecule is COC(=O)c1ccc(F)cc1NCc1cccc(F)c1. The molecule has 1 N–H and O–H groups in total. The summed E-state index contributed by atoms with van der Waals surface area (Å²) in [4.78, 5) is 11.6. The first-order valence-corrected chi connectivity index (χ1v) is 5.96. The van der Waals surface area contributed by atoms with Gasteiger partial charge in [-0.25, -0.2) is 13.6 Å². The lowest BCUT2D eigenvalue weighted by Crippen LogP contribution is -2.08. The van der Waals surface area contributed by atoms with Crippen LogP contribution in [0.15, 0.2) is 42.5 Å². The van der Waals surface area contributed by atoms with Gasteiger partial charge in [-0.2, -0.15) is 0 Å². The maximum Gasteiger partial charge on any atom is 0.339 e. The van der Waals surface area contributed by atoms with Crippen LogP contribution >= 0.6 is 0 Å². The first-order valence-electron chi connectivity index (χ1n) is 5.96. The molecule has 104 valence electrons. The summed E-state index contributed by atoms with van der Waals surface area (Å²) in [6, 6.07) is 9.74. The Morgan fingerprint density at radius 3 is 2.60 bits per heavy atom. The Balaban J connectivity index is 2.20. The van der Waals surface area contributed by atoms with Crippen molar-refractivity contribution in [3.8, 4) is 0 Å². The summed E-state index contributed by atoms with van der Waals surface area (Å²) in [5.41, 5.74) is 1.22. The van der Waals surface area contributed by atoms with E-state index in [1.54, 1.807) is 12.1 Å². The molecule has 0 unspecified atom stereocenters. The van der Waals surface area contributed by atoms with E-state index >= 15 is 0 Å². The fraction of sp³-hybridized carbons (Fsp3) is 0.133. The Hall–Kier alpha value is -2.43. The molecule has 0 radical (unpaired) electrons. The van der Waals surface area contributed by atoms with Gasteiger partial charge in [0.1, 0.15) is 11.6 Å². The van der Waals surface area contributed by atoms with Crippen LogP contribution in [0.4, 0.5) is 14.5 Å². The molecule has 2 aromatic carbocycles. The van der Waals surface area contributed by atoms with Crippen LogP contribution in [-0.2, 0) is 11.3 Å². The van der Waals surface area contributed by atoms with E-state index in [2.05, 4.69) is 10.1 Å². The van der Waals surface area contributed by atoms with Crippen molar-refractivity contribution >= 4 is 11.7 Å². The minimum atomic E-state index is -0.563. The van der Waals surface area contributed by atoms with Crippen LogP contribution in [0.25, 0.3) is 0 Å². The molecule has 0 fully saturated rings. The average molecular weight is 277 g/mol. The summed E-state index contributed by atoms with van der Waals surface area (Å²) < 4.78 is 30.9. The molecular formula is C15H13F2NO2. The predicted molar refractivity (Wildman–Crippen MR) is 71.5 cm³/mol. The number of rotatable bonds is 4. The summed E-state index contributed by atoms with van der Waals surface area (Å²) in [6.07, 6.45) is 0. The molecule has 20 heavy (non-hydrogen) atoms. The van der Waals surface area contributed by atoms with E-state index in [1.807, 2.05) is 0 Å².